The fourth-order valence-corrected chi connectivity index (χ4v) is 2.26. The lowest BCUT2D eigenvalue weighted by molar-refractivity contribution is 0.415. The van der Waals surface area contributed by atoms with Crippen molar-refractivity contribution in [2.45, 2.75) is 13.8 Å². The van der Waals surface area contributed by atoms with Crippen LogP contribution in [-0.2, 0) is 0 Å². The van der Waals surface area contributed by atoms with Crippen LogP contribution < -0.4 is 10.5 Å². The zero-order valence-electron chi connectivity index (χ0n) is 11.6. The fourth-order valence-electron chi connectivity index (χ4n) is 2.26. The molecular weight excluding hydrogens is 254 g/mol. The van der Waals surface area contributed by atoms with Gasteiger partial charge in [0.05, 0.1) is 7.11 Å². The molecule has 0 radical (unpaired) electrons. The van der Waals surface area contributed by atoms with Crippen LogP contribution in [0.25, 0.3) is 17.0 Å². The molecule has 102 valence electrons. The summed E-state index contributed by atoms with van der Waals surface area (Å²) in [6.07, 6.45) is 0. The number of nitrogens with zero attached hydrogens (tertiary/aromatic N) is 4. The van der Waals surface area contributed by atoms with Crippen molar-refractivity contribution in [2.75, 3.05) is 12.8 Å². The summed E-state index contributed by atoms with van der Waals surface area (Å²) in [6, 6.07) is 7.36. The number of benzene rings is 1. The van der Waals surface area contributed by atoms with Crippen LogP contribution in [0.4, 0.5) is 5.69 Å². The van der Waals surface area contributed by atoms with Gasteiger partial charge in [-0.1, -0.05) is 0 Å². The molecule has 6 nitrogen and oxygen atoms in total. The zero-order valence-corrected chi connectivity index (χ0v) is 11.6. The van der Waals surface area contributed by atoms with Crippen molar-refractivity contribution in [3.8, 4) is 17.1 Å². The van der Waals surface area contributed by atoms with E-state index in [0.717, 1.165) is 28.5 Å². The minimum Gasteiger partial charge on any atom is -0.497 e. The number of nitrogen functional groups attached to an aromatic ring is 1. The molecule has 0 saturated heterocycles. The fraction of sp³-hybridized carbons (Fsp3) is 0.214. The first-order chi connectivity index (χ1) is 9.60. The predicted octanol–water partition coefficient (Wildman–Crippen LogP) is 2.00. The van der Waals surface area contributed by atoms with E-state index in [4.69, 9.17) is 10.5 Å². The summed E-state index contributed by atoms with van der Waals surface area (Å²) in [6.45, 7) is 3.85. The molecule has 0 aliphatic carbocycles. The molecule has 20 heavy (non-hydrogen) atoms. The largest absolute Gasteiger partial charge is 0.497 e. The molecule has 0 fully saturated rings. The van der Waals surface area contributed by atoms with Crippen LogP contribution in [0.3, 0.4) is 0 Å². The minimum atomic E-state index is 0.625. The number of aryl methyl sites for hydroxylation is 2. The number of nitrogens with two attached hydrogens (primary N) is 1. The first-order valence-corrected chi connectivity index (χ1v) is 6.23. The normalized spacial score (nSPS) is 10.9. The number of rotatable bonds is 2. The Kier molecular flexibility index (Phi) is 2.78. The zero-order chi connectivity index (χ0) is 14.3. The average molecular weight is 269 g/mol. The van der Waals surface area contributed by atoms with Crippen molar-refractivity contribution in [2.24, 2.45) is 0 Å². The number of fused-ring (bicyclic) bond motifs is 1. The molecule has 3 rings (SSSR count). The third-order valence-corrected chi connectivity index (χ3v) is 3.19. The molecule has 0 unspecified atom stereocenters. The Labute approximate surface area is 116 Å². The molecule has 0 aliphatic rings. The van der Waals surface area contributed by atoms with E-state index in [1.165, 1.54) is 0 Å². The van der Waals surface area contributed by atoms with Crippen LogP contribution in [0, 0.1) is 13.8 Å². The summed E-state index contributed by atoms with van der Waals surface area (Å²) >= 11 is 0. The van der Waals surface area contributed by atoms with E-state index < -0.39 is 0 Å². The SMILES string of the molecule is COc1ccc(N)c(-c2nnc3cc(C)nc(C)n23)c1. The maximum atomic E-state index is 6.05. The summed E-state index contributed by atoms with van der Waals surface area (Å²) < 4.78 is 7.13. The molecular formula is C14H15N5O. The van der Waals surface area contributed by atoms with Gasteiger partial charge in [-0.25, -0.2) is 4.98 Å². The van der Waals surface area contributed by atoms with Crippen molar-refractivity contribution in [1.29, 1.82) is 0 Å². The third kappa shape index (κ3) is 1.85. The average Bonchev–Trinajstić information content (AvgIpc) is 2.83. The molecule has 0 bridgehead atoms. The summed E-state index contributed by atoms with van der Waals surface area (Å²) in [7, 11) is 1.62. The van der Waals surface area contributed by atoms with Crippen LogP contribution in [0.1, 0.15) is 11.5 Å². The number of methoxy groups -OCH3 is 1. The second-order valence-electron chi connectivity index (χ2n) is 4.62. The summed E-state index contributed by atoms with van der Waals surface area (Å²) in [5.41, 5.74) is 9.12. The van der Waals surface area contributed by atoms with Gasteiger partial charge in [-0.2, -0.15) is 0 Å². The topological polar surface area (TPSA) is 78.3 Å². The smallest absolute Gasteiger partial charge is 0.172 e. The maximum Gasteiger partial charge on any atom is 0.172 e. The monoisotopic (exact) mass is 269 g/mol. The number of anilines is 1. The van der Waals surface area contributed by atoms with Crippen molar-refractivity contribution in [3.63, 3.8) is 0 Å². The van der Waals surface area contributed by atoms with Crippen molar-refractivity contribution in [3.05, 3.63) is 35.8 Å². The Morgan fingerprint density at radius 3 is 2.70 bits per heavy atom. The van der Waals surface area contributed by atoms with Gasteiger partial charge in [0, 0.05) is 23.0 Å². The quantitative estimate of drug-likeness (QED) is 0.720. The Morgan fingerprint density at radius 1 is 1.15 bits per heavy atom. The highest BCUT2D eigenvalue weighted by atomic mass is 16.5. The predicted molar refractivity (Wildman–Crippen MR) is 76.7 cm³/mol. The minimum absolute atomic E-state index is 0.625. The van der Waals surface area contributed by atoms with E-state index in [1.54, 1.807) is 13.2 Å². The summed E-state index contributed by atoms with van der Waals surface area (Å²) in [5.74, 6) is 2.22. The number of hydrogen-bond acceptors (Lipinski definition) is 5. The summed E-state index contributed by atoms with van der Waals surface area (Å²) in [4.78, 5) is 4.44. The van der Waals surface area contributed by atoms with Gasteiger partial charge >= 0.3 is 0 Å². The lowest BCUT2D eigenvalue weighted by Crippen LogP contribution is -2.01. The van der Waals surface area contributed by atoms with Gasteiger partial charge in [-0.05, 0) is 32.0 Å². The molecule has 0 atom stereocenters. The van der Waals surface area contributed by atoms with E-state index in [-0.39, 0.29) is 0 Å². The Morgan fingerprint density at radius 2 is 1.95 bits per heavy atom. The molecule has 6 heteroatoms. The van der Waals surface area contributed by atoms with Crippen molar-refractivity contribution >= 4 is 11.3 Å². The standard InChI is InChI=1S/C14H15N5O/c1-8-6-13-17-18-14(19(13)9(2)16-8)11-7-10(20-3)4-5-12(11)15/h4-7H,15H2,1-3H3. The van der Waals surface area contributed by atoms with Gasteiger partial charge in [0.15, 0.2) is 11.5 Å². The van der Waals surface area contributed by atoms with Gasteiger partial charge in [0.2, 0.25) is 0 Å². The first kappa shape index (κ1) is 12.4. The Bertz CT molecular complexity index is 794. The molecule has 2 aromatic heterocycles. The molecule has 0 spiro atoms. The lowest BCUT2D eigenvalue weighted by Gasteiger charge is -2.08. The molecule has 0 amide bonds. The number of hydrogen-bond donors (Lipinski definition) is 1. The van der Waals surface area contributed by atoms with E-state index in [0.29, 0.717) is 11.5 Å². The highest BCUT2D eigenvalue weighted by molar-refractivity contribution is 5.74. The van der Waals surface area contributed by atoms with Crippen LogP contribution in [-0.4, -0.2) is 26.7 Å². The highest BCUT2D eigenvalue weighted by Crippen LogP contribution is 2.29. The highest BCUT2D eigenvalue weighted by Gasteiger charge is 2.14. The van der Waals surface area contributed by atoms with Gasteiger partial charge in [-0.15, -0.1) is 10.2 Å². The number of ether oxygens (including phenoxy) is 1. The van der Waals surface area contributed by atoms with Crippen LogP contribution in [0.5, 0.6) is 5.75 Å². The summed E-state index contributed by atoms with van der Waals surface area (Å²) in [5, 5.41) is 8.43. The van der Waals surface area contributed by atoms with Gasteiger partial charge in [-0.3, -0.25) is 4.40 Å². The Hall–Kier alpha value is -2.63. The van der Waals surface area contributed by atoms with E-state index >= 15 is 0 Å². The first-order valence-electron chi connectivity index (χ1n) is 6.23. The van der Waals surface area contributed by atoms with Gasteiger partial charge in [0.1, 0.15) is 11.6 Å². The number of aromatic nitrogens is 4. The van der Waals surface area contributed by atoms with Crippen molar-refractivity contribution < 1.29 is 4.74 Å². The van der Waals surface area contributed by atoms with E-state index in [9.17, 15) is 0 Å². The molecule has 1 aromatic carbocycles. The third-order valence-electron chi connectivity index (χ3n) is 3.19. The molecule has 2 N–H and O–H groups in total. The molecule has 2 heterocycles. The van der Waals surface area contributed by atoms with Crippen LogP contribution >= 0.6 is 0 Å². The second kappa shape index (κ2) is 4.48. The molecule has 0 aliphatic heterocycles. The van der Waals surface area contributed by atoms with Crippen molar-refractivity contribution in [1.82, 2.24) is 19.6 Å². The molecule has 3 aromatic rings. The Balaban J connectivity index is 2.30. The lowest BCUT2D eigenvalue weighted by atomic mass is 10.1. The second-order valence-corrected chi connectivity index (χ2v) is 4.62. The van der Waals surface area contributed by atoms with E-state index in [1.807, 2.05) is 36.4 Å². The maximum absolute atomic E-state index is 6.05. The molecule has 0 saturated carbocycles. The van der Waals surface area contributed by atoms with Crippen LogP contribution in [0.15, 0.2) is 24.3 Å². The van der Waals surface area contributed by atoms with E-state index in [2.05, 4.69) is 15.2 Å². The van der Waals surface area contributed by atoms with Gasteiger partial charge in [0.25, 0.3) is 0 Å². The van der Waals surface area contributed by atoms with Crippen LogP contribution in [0.2, 0.25) is 0 Å². The van der Waals surface area contributed by atoms with Gasteiger partial charge < -0.3 is 10.5 Å².